The molecule has 1 amide bonds. The number of carbonyl (C=O) groups is 1. The lowest BCUT2D eigenvalue weighted by atomic mass is 10.2. The number of amides is 1. The van der Waals surface area contributed by atoms with Crippen molar-refractivity contribution in [3.63, 3.8) is 0 Å². The molecule has 1 atom stereocenters. The predicted octanol–water partition coefficient (Wildman–Crippen LogP) is 2.98. The van der Waals surface area contributed by atoms with Gasteiger partial charge in [0.2, 0.25) is 0 Å². The van der Waals surface area contributed by atoms with Crippen LogP contribution in [0.5, 0.6) is 5.75 Å². The Morgan fingerprint density at radius 2 is 2.00 bits per heavy atom. The Balaban J connectivity index is 2.06. The molecule has 0 saturated heterocycles. The van der Waals surface area contributed by atoms with Crippen LogP contribution in [0.15, 0.2) is 21.1 Å². The third kappa shape index (κ3) is 4.20. The third-order valence-electron chi connectivity index (χ3n) is 3.14. The van der Waals surface area contributed by atoms with Gasteiger partial charge in [-0.1, -0.05) is 0 Å². The number of benzene rings is 1. The molecule has 1 aliphatic rings. The molecule has 0 radical (unpaired) electrons. The lowest BCUT2D eigenvalue weighted by molar-refractivity contribution is -0.126. The van der Waals surface area contributed by atoms with E-state index in [1.165, 1.54) is 18.4 Å². The lowest BCUT2D eigenvalue weighted by Gasteiger charge is -2.17. The van der Waals surface area contributed by atoms with Crippen molar-refractivity contribution < 1.29 is 9.53 Å². The molecule has 4 nitrogen and oxygen atoms in total. The van der Waals surface area contributed by atoms with Crippen LogP contribution in [0, 0.1) is 0 Å². The van der Waals surface area contributed by atoms with Crippen molar-refractivity contribution in [2.24, 2.45) is 0 Å². The molecule has 0 spiro atoms. The minimum atomic E-state index is -0.539. The van der Waals surface area contributed by atoms with E-state index < -0.39 is 6.10 Å². The van der Waals surface area contributed by atoms with Crippen molar-refractivity contribution in [2.45, 2.75) is 38.5 Å². The molecule has 2 N–H and O–H groups in total. The first-order chi connectivity index (χ1) is 9.51. The van der Waals surface area contributed by atoms with Gasteiger partial charge in [0.05, 0.1) is 8.95 Å². The Kier molecular flexibility index (Phi) is 5.46. The number of rotatable bonds is 6. The smallest absolute Gasteiger partial charge is 0.260 e. The Labute approximate surface area is 135 Å². The van der Waals surface area contributed by atoms with E-state index in [-0.39, 0.29) is 5.91 Å². The summed E-state index contributed by atoms with van der Waals surface area (Å²) >= 11 is 7.01. The second-order valence-electron chi connectivity index (χ2n) is 4.92. The van der Waals surface area contributed by atoms with Crippen molar-refractivity contribution in [3.8, 4) is 5.75 Å². The van der Waals surface area contributed by atoms with Gasteiger partial charge in [0.25, 0.3) is 5.91 Å². The van der Waals surface area contributed by atoms with E-state index in [0.717, 1.165) is 15.5 Å². The molecule has 1 aromatic rings. The summed E-state index contributed by atoms with van der Waals surface area (Å²) in [5.74, 6) is 0.500. The normalized spacial score (nSPS) is 15.8. The number of likely N-dealkylation sites (N-methyl/N-ethyl adjacent to an activating group) is 1. The van der Waals surface area contributed by atoms with Gasteiger partial charge in [-0.25, -0.2) is 0 Å². The van der Waals surface area contributed by atoms with Crippen LogP contribution in [0.4, 0.5) is 0 Å². The van der Waals surface area contributed by atoms with Crippen LogP contribution in [-0.4, -0.2) is 25.1 Å². The predicted molar refractivity (Wildman–Crippen MR) is 85.9 cm³/mol. The Hall–Kier alpha value is -0.590. The first-order valence-electron chi connectivity index (χ1n) is 6.60. The molecule has 1 aromatic carbocycles. The fraction of sp³-hybridized carbons (Fsp3) is 0.500. The molecular formula is C14H18Br2N2O2. The highest BCUT2D eigenvalue weighted by Crippen LogP contribution is 2.35. The summed E-state index contributed by atoms with van der Waals surface area (Å²) in [6.07, 6.45) is 2.00. The molecule has 0 bridgehead atoms. The summed E-state index contributed by atoms with van der Waals surface area (Å²) in [7, 11) is 1.60. The van der Waals surface area contributed by atoms with E-state index in [1.54, 1.807) is 14.0 Å². The average Bonchev–Trinajstić information content (AvgIpc) is 3.23. The van der Waals surface area contributed by atoms with E-state index >= 15 is 0 Å². The Bertz CT molecular complexity index is 481. The summed E-state index contributed by atoms with van der Waals surface area (Å²) in [6, 6.07) is 4.72. The summed E-state index contributed by atoms with van der Waals surface area (Å²) in [6.45, 7) is 2.56. The molecule has 2 rings (SSSR count). The number of ether oxygens (including phenoxy) is 1. The Morgan fingerprint density at radius 3 is 2.50 bits per heavy atom. The first-order valence-corrected chi connectivity index (χ1v) is 8.19. The van der Waals surface area contributed by atoms with Crippen LogP contribution in [0.25, 0.3) is 0 Å². The minimum Gasteiger partial charge on any atom is -0.479 e. The van der Waals surface area contributed by atoms with Crippen LogP contribution in [-0.2, 0) is 11.3 Å². The topological polar surface area (TPSA) is 50.4 Å². The molecule has 0 aromatic heterocycles. The van der Waals surface area contributed by atoms with E-state index in [0.29, 0.717) is 11.8 Å². The van der Waals surface area contributed by atoms with Gasteiger partial charge in [-0.15, -0.1) is 0 Å². The molecule has 0 aliphatic heterocycles. The highest BCUT2D eigenvalue weighted by molar-refractivity contribution is 9.11. The van der Waals surface area contributed by atoms with Gasteiger partial charge in [0.15, 0.2) is 6.10 Å². The van der Waals surface area contributed by atoms with Crippen LogP contribution < -0.4 is 15.4 Å². The van der Waals surface area contributed by atoms with Crippen LogP contribution >= 0.6 is 31.9 Å². The van der Waals surface area contributed by atoms with Gasteiger partial charge in [0, 0.05) is 19.6 Å². The van der Waals surface area contributed by atoms with Gasteiger partial charge in [-0.05, 0) is 69.3 Å². The van der Waals surface area contributed by atoms with Crippen molar-refractivity contribution in [1.82, 2.24) is 10.6 Å². The van der Waals surface area contributed by atoms with Crippen LogP contribution in [0.3, 0.4) is 0 Å². The van der Waals surface area contributed by atoms with E-state index in [9.17, 15) is 4.79 Å². The molecule has 1 aliphatic carbocycles. The summed E-state index contributed by atoms with van der Waals surface area (Å²) in [5.41, 5.74) is 1.18. The maximum Gasteiger partial charge on any atom is 0.260 e. The third-order valence-corrected chi connectivity index (χ3v) is 4.32. The number of hydrogen-bond acceptors (Lipinski definition) is 3. The standard InChI is InChI=1S/C14H18Br2N2O2/c1-8(14(19)17-2)20-13-11(15)5-9(6-12(13)16)7-18-10-3-4-10/h5-6,8,10,18H,3-4,7H2,1-2H3,(H,17,19). The monoisotopic (exact) mass is 404 g/mol. The fourth-order valence-corrected chi connectivity index (χ4v) is 3.28. The number of halogens is 2. The molecule has 1 fully saturated rings. The molecular weight excluding hydrogens is 388 g/mol. The molecule has 20 heavy (non-hydrogen) atoms. The quantitative estimate of drug-likeness (QED) is 0.764. The van der Waals surface area contributed by atoms with Crippen molar-refractivity contribution in [1.29, 1.82) is 0 Å². The van der Waals surface area contributed by atoms with Crippen LogP contribution in [0.2, 0.25) is 0 Å². The SMILES string of the molecule is CNC(=O)C(C)Oc1c(Br)cc(CNC2CC2)cc1Br. The highest BCUT2D eigenvalue weighted by Gasteiger charge is 2.21. The summed E-state index contributed by atoms with van der Waals surface area (Å²) < 4.78 is 7.38. The average molecular weight is 406 g/mol. The van der Waals surface area contributed by atoms with E-state index in [4.69, 9.17) is 4.74 Å². The summed E-state index contributed by atoms with van der Waals surface area (Å²) in [5, 5.41) is 6.04. The van der Waals surface area contributed by atoms with Crippen LogP contribution in [0.1, 0.15) is 25.3 Å². The zero-order valence-electron chi connectivity index (χ0n) is 11.5. The maximum atomic E-state index is 11.5. The first kappa shape index (κ1) is 15.8. The Morgan fingerprint density at radius 1 is 1.40 bits per heavy atom. The molecule has 110 valence electrons. The number of carbonyl (C=O) groups excluding carboxylic acids is 1. The second kappa shape index (κ2) is 6.91. The largest absolute Gasteiger partial charge is 0.479 e. The van der Waals surface area contributed by atoms with Gasteiger partial charge < -0.3 is 15.4 Å². The van der Waals surface area contributed by atoms with E-state index in [2.05, 4.69) is 42.5 Å². The number of nitrogens with one attached hydrogen (secondary N) is 2. The molecule has 0 heterocycles. The molecule has 6 heteroatoms. The zero-order valence-corrected chi connectivity index (χ0v) is 14.7. The minimum absolute atomic E-state index is 0.150. The van der Waals surface area contributed by atoms with Gasteiger partial charge >= 0.3 is 0 Å². The highest BCUT2D eigenvalue weighted by atomic mass is 79.9. The fourth-order valence-electron chi connectivity index (χ4n) is 1.81. The molecule has 1 unspecified atom stereocenters. The van der Waals surface area contributed by atoms with Crippen molar-refractivity contribution in [2.75, 3.05) is 7.05 Å². The van der Waals surface area contributed by atoms with Gasteiger partial charge in [0.1, 0.15) is 5.75 Å². The summed E-state index contributed by atoms with van der Waals surface area (Å²) in [4.78, 5) is 11.5. The van der Waals surface area contributed by atoms with Gasteiger partial charge in [-0.2, -0.15) is 0 Å². The molecule has 1 saturated carbocycles. The second-order valence-corrected chi connectivity index (χ2v) is 6.63. The van der Waals surface area contributed by atoms with Crippen molar-refractivity contribution in [3.05, 3.63) is 26.6 Å². The van der Waals surface area contributed by atoms with Gasteiger partial charge in [-0.3, -0.25) is 4.79 Å². The lowest BCUT2D eigenvalue weighted by Crippen LogP contribution is -2.33. The zero-order chi connectivity index (χ0) is 14.7. The maximum absolute atomic E-state index is 11.5. The van der Waals surface area contributed by atoms with E-state index in [1.807, 2.05) is 12.1 Å². The van der Waals surface area contributed by atoms with Crippen molar-refractivity contribution >= 4 is 37.8 Å². The number of hydrogen-bond donors (Lipinski definition) is 2.